The maximum Gasteiger partial charge on any atom is 0.258 e. The number of benzene rings is 4. The molecule has 2 aliphatic heterocycles. The highest BCUT2D eigenvalue weighted by atomic mass is 35.5. The highest BCUT2D eigenvalue weighted by Crippen LogP contribution is 2.63. The second-order valence-corrected chi connectivity index (χ2v) is 16.3. The molecule has 0 spiro atoms. The Morgan fingerprint density at radius 3 is 1.93 bits per heavy atom. The van der Waals surface area contributed by atoms with Crippen LogP contribution in [-0.4, -0.2) is 66.8 Å². The molecule has 4 amide bonds. The van der Waals surface area contributed by atoms with Crippen molar-refractivity contribution >= 4 is 81.3 Å². The number of hydrogen-bond donors (Lipinski definition) is 1. The average molecular weight is 839 g/mol. The number of phenols is 1. The number of amides is 4. The van der Waals surface area contributed by atoms with Crippen LogP contribution in [0.4, 0.5) is 32.8 Å². The number of alkyl halides is 2. The van der Waals surface area contributed by atoms with E-state index in [1.165, 1.54) is 26.4 Å². The van der Waals surface area contributed by atoms with Crippen LogP contribution in [0.5, 0.6) is 17.2 Å². The third kappa shape index (κ3) is 6.34. The Bertz CT molecular complexity index is 2450. The number of azo groups is 1. The van der Waals surface area contributed by atoms with Crippen molar-refractivity contribution in [2.75, 3.05) is 43.0 Å². The van der Waals surface area contributed by atoms with Crippen LogP contribution in [0.3, 0.4) is 0 Å². The van der Waals surface area contributed by atoms with Crippen LogP contribution in [0.2, 0.25) is 0 Å². The molecule has 302 valence electrons. The Morgan fingerprint density at radius 1 is 0.797 bits per heavy atom. The van der Waals surface area contributed by atoms with Gasteiger partial charge in [0, 0.05) is 25.7 Å². The third-order valence-electron chi connectivity index (χ3n) is 11.7. The van der Waals surface area contributed by atoms with Gasteiger partial charge in [0.25, 0.3) is 11.8 Å². The van der Waals surface area contributed by atoms with Crippen LogP contribution in [0.15, 0.2) is 113 Å². The summed E-state index contributed by atoms with van der Waals surface area (Å²) in [6.45, 7) is 0. The number of ether oxygens (including phenoxy) is 2. The Balaban J connectivity index is 1.15. The summed E-state index contributed by atoms with van der Waals surface area (Å²) in [7, 11) is 6.66. The van der Waals surface area contributed by atoms with Crippen LogP contribution < -0.4 is 24.2 Å². The lowest BCUT2D eigenvalue weighted by Gasteiger charge is -2.49. The first kappa shape index (κ1) is 39.8. The molecule has 0 unspecified atom stereocenters. The molecule has 1 N–H and O–H groups in total. The fourth-order valence-corrected chi connectivity index (χ4v) is 9.61. The summed E-state index contributed by atoms with van der Waals surface area (Å²) < 4.78 is 24.7. The molecule has 15 heteroatoms. The number of carbonyl (C=O) groups excluding carboxylic acids is 4. The van der Waals surface area contributed by atoms with E-state index < -0.39 is 62.9 Å². The molecule has 3 fully saturated rings. The number of anilines is 3. The number of hydrogen-bond acceptors (Lipinski definition) is 10. The van der Waals surface area contributed by atoms with Crippen molar-refractivity contribution < 1.29 is 38.1 Å². The minimum absolute atomic E-state index is 0.0740. The summed E-state index contributed by atoms with van der Waals surface area (Å²) in [6.07, 6.45) is 5.01. The van der Waals surface area contributed by atoms with Crippen molar-refractivity contribution in [1.82, 2.24) is 0 Å². The van der Waals surface area contributed by atoms with Gasteiger partial charge >= 0.3 is 0 Å². The molecule has 1 saturated carbocycles. The molecule has 2 heterocycles. The van der Waals surface area contributed by atoms with Crippen molar-refractivity contribution in [1.29, 1.82) is 0 Å². The smallest absolute Gasteiger partial charge is 0.258 e. The molecule has 2 saturated heterocycles. The normalized spacial score (nSPS) is 26.3. The van der Waals surface area contributed by atoms with Crippen LogP contribution in [0.1, 0.15) is 18.4 Å². The van der Waals surface area contributed by atoms with Gasteiger partial charge in [-0.2, -0.15) is 10.2 Å². The summed E-state index contributed by atoms with van der Waals surface area (Å²) in [5, 5.41) is 19.2. The van der Waals surface area contributed by atoms with E-state index in [1.807, 2.05) is 49.3 Å². The predicted molar refractivity (Wildman–Crippen MR) is 221 cm³/mol. The number of aromatic hydroxyl groups is 1. The minimum Gasteiger partial charge on any atom is -0.502 e. The second-order valence-electron chi connectivity index (χ2n) is 15.1. The van der Waals surface area contributed by atoms with Gasteiger partial charge in [-0.15, -0.1) is 23.2 Å². The highest BCUT2D eigenvalue weighted by molar-refractivity contribution is 6.58. The van der Waals surface area contributed by atoms with Gasteiger partial charge in [0.05, 0.1) is 48.8 Å². The largest absolute Gasteiger partial charge is 0.502 e. The Morgan fingerprint density at radius 2 is 1.36 bits per heavy atom. The molecule has 4 aliphatic rings. The third-order valence-corrected chi connectivity index (χ3v) is 13.1. The van der Waals surface area contributed by atoms with E-state index in [2.05, 4.69) is 10.2 Å². The van der Waals surface area contributed by atoms with Crippen molar-refractivity contribution in [3.8, 4) is 17.2 Å². The number of carbonyl (C=O) groups is 4. The average Bonchev–Trinajstić information content (AvgIpc) is 3.57. The van der Waals surface area contributed by atoms with Crippen molar-refractivity contribution in [3.63, 3.8) is 0 Å². The van der Waals surface area contributed by atoms with E-state index in [9.17, 15) is 28.7 Å². The topological polar surface area (TPSA) is 141 Å². The van der Waals surface area contributed by atoms with E-state index >= 15 is 0 Å². The first-order valence-corrected chi connectivity index (χ1v) is 19.5. The lowest BCUT2D eigenvalue weighted by atomic mass is 9.57. The van der Waals surface area contributed by atoms with E-state index in [0.29, 0.717) is 28.2 Å². The first-order chi connectivity index (χ1) is 28.2. The second kappa shape index (κ2) is 15.0. The molecule has 2 aliphatic carbocycles. The fraction of sp³-hybridized carbons (Fsp3) is 0.273. The molecule has 8 rings (SSSR count). The maximum absolute atomic E-state index is 14.6. The summed E-state index contributed by atoms with van der Waals surface area (Å²) >= 11 is 14.9. The molecule has 12 nitrogen and oxygen atoms in total. The molecule has 6 atom stereocenters. The standard InChI is InChI=1S/C44H38Cl2FN5O7/c1-50(2)28-14-8-26(9-15-28)48-49-27-10-16-29(17-11-27)51-39(54)32-19-18-31-33(37(32)40(51)55)23-43(45)41(56)52(30-12-6-25(47)7-13-30)42(57)44(43,46)34(31)20-5-24-21-35(58-3)38(53)36(22-24)59-4/h5-18,20-22,32-34,37,53H,19,23H2,1-4H3/t32-,33+,34-,37-,43+,44-/m0/s1. The fourth-order valence-electron chi connectivity index (χ4n) is 8.72. The number of halogens is 3. The van der Waals surface area contributed by atoms with Gasteiger partial charge < -0.3 is 19.5 Å². The van der Waals surface area contributed by atoms with Gasteiger partial charge in [-0.1, -0.05) is 23.8 Å². The number of fused-ring (bicyclic) bond motifs is 4. The van der Waals surface area contributed by atoms with Gasteiger partial charge in [-0.25, -0.2) is 9.29 Å². The SMILES string of the molecule is COc1cc(C=C[C@H]2C3=CC[C@@H]4C(=O)N(c5ccc(N=Nc6ccc(N(C)C)cc6)cc5)C(=O)[C@@H]4[C@@H]3C[C@@]3(Cl)C(=O)N(c4ccc(F)cc4)C(=O)[C@@]23Cl)cc(OC)c1O. The molecular formula is C44H38Cl2FN5O7. The zero-order chi connectivity index (χ0) is 42.0. The number of rotatable bonds is 9. The minimum atomic E-state index is -2.11. The molecule has 4 aromatic rings. The van der Waals surface area contributed by atoms with Crippen molar-refractivity contribution in [3.05, 3.63) is 114 Å². The van der Waals surface area contributed by atoms with Gasteiger partial charge in [0.15, 0.2) is 21.2 Å². The summed E-state index contributed by atoms with van der Waals surface area (Å²) in [6, 6.07) is 22.0. The Labute approximate surface area is 349 Å². The van der Waals surface area contributed by atoms with E-state index in [0.717, 1.165) is 27.6 Å². The van der Waals surface area contributed by atoms with E-state index in [4.69, 9.17) is 32.7 Å². The van der Waals surface area contributed by atoms with Crippen molar-refractivity contribution in [2.24, 2.45) is 33.9 Å². The number of methoxy groups -OCH3 is 2. The van der Waals surface area contributed by atoms with E-state index in [-0.39, 0.29) is 35.8 Å². The monoisotopic (exact) mass is 837 g/mol. The zero-order valence-electron chi connectivity index (χ0n) is 32.3. The maximum atomic E-state index is 14.6. The lowest BCUT2D eigenvalue weighted by molar-refractivity contribution is -0.125. The zero-order valence-corrected chi connectivity index (χ0v) is 33.8. The summed E-state index contributed by atoms with van der Waals surface area (Å²) in [5.74, 6) is -6.66. The summed E-state index contributed by atoms with van der Waals surface area (Å²) in [5.41, 5.74) is 3.66. The van der Waals surface area contributed by atoms with Crippen LogP contribution in [0.25, 0.3) is 6.08 Å². The van der Waals surface area contributed by atoms with Gasteiger partial charge in [0.2, 0.25) is 17.6 Å². The molecular weight excluding hydrogens is 800 g/mol. The van der Waals surface area contributed by atoms with Gasteiger partial charge in [-0.05, 0) is 109 Å². The lowest BCUT2D eigenvalue weighted by Crippen LogP contribution is -2.60. The van der Waals surface area contributed by atoms with Crippen LogP contribution in [-0.2, 0) is 19.2 Å². The number of phenolic OH excluding ortho intramolecular Hbond substituents is 1. The highest BCUT2D eigenvalue weighted by Gasteiger charge is 2.76. The quantitative estimate of drug-likeness (QED) is 0.0768. The Hall–Kier alpha value is -6.05. The number of imide groups is 2. The van der Waals surface area contributed by atoms with Crippen molar-refractivity contribution in [2.45, 2.75) is 22.6 Å². The Kier molecular flexibility index (Phi) is 10.1. The number of nitrogens with zero attached hydrogens (tertiary/aromatic N) is 5. The molecule has 0 bridgehead atoms. The molecule has 59 heavy (non-hydrogen) atoms. The molecule has 4 aromatic carbocycles. The van der Waals surface area contributed by atoms with E-state index in [1.54, 1.807) is 48.6 Å². The number of allylic oxidation sites excluding steroid dienone is 3. The molecule has 0 radical (unpaired) electrons. The van der Waals surface area contributed by atoms with Gasteiger partial charge in [-0.3, -0.25) is 24.1 Å². The molecule has 0 aromatic heterocycles. The van der Waals surface area contributed by atoms with Crippen LogP contribution >= 0.6 is 23.2 Å². The van der Waals surface area contributed by atoms with Gasteiger partial charge in [0.1, 0.15) is 5.82 Å². The summed E-state index contributed by atoms with van der Waals surface area (Å²) in [4.78, 5) is 57.6. The first-order valence-electron chi connectivity index (χ1n) is 18.7. The predicted octanol–water partition coefficient (Wildman–Crippen LogP) is 8.34. The van der Waals surface area contributed by atoms with Crippen LogP contribution in [0, 0.1) is 29.5 Å².